The number of amides is 1. The third kappa shape index (κ3) is 3.65. The Bertz CT molecular complexity index is 1350. The van der Waals surface area contributed by atoms with E-state index in [9.17, 15) is 4.79 Å². The van der Waals surface area contributed by atoms with Gasteiger partial charge >= 0.3 is 0 Å². The largest absolute Gasteiger partial charge is 0.495 e. The first-order valence-corrected chi connectivity index (χ1v) is 11.1. The van der Waals surface area contributed by atoms with Gasteiger partial charge in [-0.05, 0) is 49.6 Å². The Kier molecular flexibility index (Phi) is 4.67. The Morgan fingerprint density at radius 1 is 1.18 bits per heavy atom. The Morgan fingerprint density at radius 2 is 2.09 bits per heavy atom. The molecular weight excluding hydrogens is 418 g/mol. The van der Waals surface area contributed by atoms with Crippen LogP contribution in [0.2, 0.25) is 0 Å². The van der Waals surface area contributed by atoms with Gasteiger partial charge in [0.15, 0.2) is 5.82 Å². The van der Waals surface area contributed by atoms with Gasteiger partial charge in [0, 0.05) is 30.6 Å². The Labute approximate surface area is 190 Å². The van der Waals surface area contributed by atoms with Crippen LogP contribution in [0.15, 0.2) is 48.9 Å². The molecule has 0 radical (unpaired) electrons. The van der Waals surface area contributed by atoms with Gasteiger partial charge in [0.2, 0.25) is 0 Å². The maximum Gasteiger partial charge on any atom is 0.256 e. The van der Waals surface area contributed by atoms with Crippen LogP contribution in [0.4, 0.5) is 5.82 Å². The van der Waals surface area contributed by atoms with E-state index in [1.165, 1.54) is 12.8 Å². The second-order valence-corrected chi connectivity index (χ2v) is 8.42. The van der Waals surface area contributed by atoms with Crippen LogP contribution in [0.3, 0.4) is 0 Å². The molecule has 0 atom stereocenters. The molecule has 1 aliphatic carbocycles. The van der Waals surface area contributed by atoms with Gasteiger partial charge in [-0.15, -0.1) is 10.2 Å². The quantitative estimate of drug-likeness (QED) is 0.491. The van der Waals surface area contributed by atoms with Gasteiger partial charge in [-0.2, -0.15) is 0 Å². The molecule has 1 aliphatic heterocycles. The highest BCUT2D eigenvalue weighted by Crippen LogP contribution is 2.39. The fourth-order valence-electron chi connectivity index (χ4n) is 4.25. The smallest absolute Gasteiger partial charge is 0.256 e. The summed E-state index contributed by atoms with van der Waals surface area (Å²) in [5, 5.41) is 11.4. The number of benzene rings is 1. The maximum absolute atomic E-state index is 13.1. The molecule has 0 unspecified atom stereocenters. The molecule has 9 nitrogen and oxygen atoms in total. The minimum absolute atomic E-state index is 0.252. The number of hydrogen-bond donors (Lipinski definition) is 1. The van der Waals surface area contributed by atoms with Crippen molar-refractivity contribution in [3.05, 3.63) is 66.0 Å². The third-order valence-electron chi connectivity index (χ3n) is 6.15. The predicted octanol–water partition coefficient (Wildman–Crippen LogP) is 3.61. The lowest BCUT2D eigenvalue weighted by Crippen LogP contribution is -2.14. The maximum atomic E-state index is 13.1. The zero-order valence-electron chi connectivity index (χ0n) is 18.2. The minimum Gasteiger partial charge on any atom is -0.495 e. The van der Waals surface area contributed by atoms with E-state index < -0.39 is 0 Å². The summed E-state index contributed by atoms with van der Waals surface area (Å²) in [6, 6.07) is 10.9. The summed E-state index contributed by atoms with van der Waals surface area (Å²) in [5.41, 5.74) is 3.04. The lowest BCUT2D eigenvalue weighted by molar-refractivity contribution is 0.102. The van der Waals surface area contributed by atoms with Crippen LogP contribution < -0.4 is 10.1 Å². The highest BCUT2D eigenvalue weighted by molar-refractivity contribution is 6.04. The van der Waals surface area contributed by atoms with Crippen LogP contribution in [0.5, 0.6) is 5.75 Å². The van der Waals surface area contributed by atoms with E-state index in [1.54, 1.807) is 31.6 Å². The molecule has 33 heavy (non-hydrogen) atoms. The predicted molar refractivity (Wildman–Crippen MR) is 122 cm³/mol. The van der Waals surface area contributed by atoms with E-state index in [1.807, 2.05) is 29.0 Å². The van der Waals surface area contributed by atoms with E-state index in [-0.39, 0.29) is 5.91 Å². The zero-order chi connectivity index (χ0) is 22.4. The number of anilines is 1. The average molecular weight is 441 g/mol. The summed E-state index contributed by atoms with van der Waals surface area (Å²) in [4.78, 5) is 22.2. The molecule has 166 valence electrons. The number of aryl methyl sites for hydroxylation is 1. The topological polar surface area (TPSA) is 99.7 Å². The van der Waals surface area contributed by atoms with Gasteiger partial charge in [-0.1, -0.05) is 6.07 Å². The van der Waals surface area contributed by atoms with Gasteiger partial charge in [0.1, 0.15) is 23.1 Å². The highest BCUT2D eigenvalue weighted by atomic mass is 16.5. The second kappa shape index (κ2) is 7.84. The van der Waals surface area contributed by atoms with E-state index in [4.69, 9.17) is 4.74 Å². The second-order valence-electron chi connectivity index (χ2n) is 8.42. The number of aromatic nitrogens is 6. The normalized spacial score (nSPS) is 14.8. The van der Waals surface area contributed by atoms with Crippen molar-refractivity contribution in [2.45, 2.75) is 38.1 Å². The molecule has 3 aromatic heterocycles. The number of ether oxygens (including phenoxy) is 1. The molecule has 6 rings (SSSR count). The van der Waals surface area contributed by atoms with Crippen LogP contribution >= 0.6 is 0 Å². The molecule has 0 saturated heterocycles. The van der Waals surface area contributed by atoms with Gasteiger partial charge in [0.25, 0.3) is 5.91 Å². The number of pyridine rings is 1. The Balaban J connectivity index is 1.26. The van der Waals surface area contributed by atoms with E-state index in [2.05, 4.69) is 30.0 Å². The van der Waals surface area contributed by atoms with Crippen LogP contribution in [-0.4, -0.2) is 42.3 Å². The fraction of sp³-hybridized carbons (Fsp3) is 0.292. The highest BCUT2D eigenvalue weighted by Gasteiger charge is 2.26. The summed E-state index contributed by atoms with van der Waals surface area (Å²) in [6.07, 6.45) is 8.14. The number of nitrogens with zero attached hydrogens (tertiary/aromatic N) is 6. The van der Waals surface area contributed by atoms with E-state index in [0.29, 0.717) is 28.7 Å². The molecule has 0 bridgehead atoms. The molecule has 1 N–H and O–H groups in total. The van der Waals surface area contributed by atoms with Crippen molar-refractivity contribution in [2.75, 3.05) is 12.4 Å². The third-order valence-corrected chi connectivity index (χ3v) is 6.15. The van der Waals surface area contributed by atoms with Gasteiger partial charge in [-0.3, -0.25) is 4.79 Å². The van der Waals surface area contributed by atoms with Crippen molar-refractivity contribution < 1.29 is 9.53 Å². The van der Waals surface area contributed by atoms with Crippen LogP contribution in [0.25, 0.3) is 17.2 Å². The molecule has 9 heteroatoms. The number of fused-ring (bicyclic) bond motifs is 1. The number of hydrogen-bond acceptors (Lipinski definition) is 6. The minimum atomic E-state index is -0.252. The molecule has 1 aromatic carbocycles. The molecule has 1 saturated carbocycles. The number of nitrogens with one attached hydrogen (secondary N) is 1. The SMILES string of the molecule is COc1ccc(C(=O)Nc2cccc(-c3nnc4n3CCC4)n2)cc1-n1cnc(C2CC2)c1. The summed E-state index contributed by atoms with van der Waals surface area (Å²) in [5.74, 6) is 3.15. The molecule has 1 fully saturated rings. The number of imidazole rings is 1. The molecule has 4 aromatic rings. The summed E-state index contributed by atoms with van der Waals surface area (Å²) < 4.78 is 9.52. The van der Waals surface area contributed by atoms with Crippen LogP contribution in [0.1, 0.15) is 47.1 Å². The Morgan fingerprint density at radius 3 is 2.94 bits per heavy atom. The van der Waals surface area contributed by atoms with Crippen molar-refractivity contribution in [3.8, 4) is 23.0 Å². The van der Waals surface area contributed by atoms with Gasteiger partial charge in [-0.25, -0.2) is 9.97 Å². The van der Waals surface area contributed by atoms with Crippen molar-refractivity contribution in [1.29, 1.82) is 0 Å². The first-order valence-electron chi connectivity index (χ1n) is 11.1. The van der Waals surface area contributed by atoms with Crippen LogP contribution in [0, 0.1) is 0 Å². The first kappa shape index (κ1) is 19.7. The van der Waals surface area contributed by atoms with Crippen LogP contribution in [-0.2, 0) is 13.0 Å². The van der Waals surface area contributed by atoms with E-state index >= 15 is 0 Å². The number of rotatable bonds is 6. The number of carbonyl (C=O) groups is 1. The van der Waals surface area contributed by atoms with E-state index in [0.717, 1.165) is 42.4 Å². The molecule has 0 spiro atoms. The van der Waals surface area contributed by atoms with Crippen molar-refractivity contribution in [3.63, 3.8) is 0 Å². The summed E-state index contributed by atoms with van der Waals surface area (Å²) in [6.45, 7) is 0.890. The first-order chi connectivity index (χ1) is 16.2. The lowest BCUT2D eigenvalue weighted by Gasteiger charge is -2.12. The van der Waals surface area contributed by atoms with Crippen molar-refractivity contribution in [2.24, 2.45) is 0 Å². The number of methoxy groups -OCH3 is 1. The summed E-state index contributed by atoms with van der Waals surface area (Å²) >= 11 is 0. The number of carbonyl (C=O) groups excluding carboxylic acids is 1. The van der Waals surface area contributed by atoms with Gasteiger partial charge < -0.3 is 19.2 Å². The average Bonchev–Trinajstić information content (AvgIpc) is 3.22. The van der Waals surface area contributed by atoms with Crippen molar-refractivity contribution in [1.82, 2.24) is 29.3 Å². The van der Waals surface area contributed by atoms with Gasteiger partial charge in [0.05, 0.1) is 24.8 Å². The molecule has 2 aliphatic rings. The fourth-order valence-corrected chi connectivity index (χ4v) is 4.25. The monoisotopic (exact) mass is 441 g/mol. The summed E-state index contributed by atoms with van der Waals surface area (Å²) in [7, 11) is 1.62. The van der Waals surface area contributed by atoms with Crippen molar-refractivity contribution >= 4 is 11.7 Å². The zero-order valence-corrected chi connectivity index (χ0v) is 18.2. The molecule has 1 amide bonds. The molecule has 4 heterocycles. The standard InChI is InChI=1S/C24H23N7O2/c1-33-20-10-9-16(12-19(20)30-13-18(25-14-30)15-7-8-15)24(32)27-21-5-2-4-17(26-21)23-29-28-22-6-3-11-31(22)23/h2,4-5,9-10,12-15H,3,6-8,11H2,1H3,(H,26,27,32). The molecular formula is C24H23N7O2. The lowest BCUT2D eigenvalue weighted by atomic mass is 10.1. The Hall–Kier alpha value is -4.01.